The molecule has 2 aromatic rings. The molecule has 0 saturated heterocycles. The standard InChI is InChI=1S/C18H20O3/c1-5-20-16-9-8-14-10-13(6-7-15(14)12-16)11-17(19)21-18(2,3)4/h5-10,12H,1,11H2,2-4H3. The fraction of sp³-hybridized carbons (Fsp3) is 0.278. The van der Waals surface area contributed by atoms with Gasteiger partial charge in [0.15, 0.2) is 0 Å². The van der Waals surface area contributed by atoms with Crippen LogP contribution < -0.4 is 4.74 Å². The van der Waals surface area contributed by atoms with Crippen LogP contribution in [0.4, 0.5) is 0 Å². The number of esters is 1. The molecule has 0 bridgehead atoms. The Bertz CT molecular complexity index is 666. The van der Waals surface area contributed by atoms with E-state index < -0.39 is 5.60 Å². The molecule has 0 spiro atoms. The van der Waals surface area contributed by atoms with E-state index in [4.69, 9.17) is 9.47 Å². The predicted molar refractivity (Wildman–Crippen MR) is 84.3 cm³/mol. The maximum absolute atomic E-state index is 11.9. The predicted octanol–water partition coefficient (Wildman–Crippen LogP) is 4.25. The first-order valence-corrected chi connectivity index (χ1v) is 6.89. The lowest BCUT2D eigenvalue weighted by Gasteiger charge is -2.19. The van der Waals surface area contributed by atoms with Gasteiger partial charge in [0, 0.05) is 0 Å². The molecular formula is C18H20O3. The number of ether oxygens (including phenoxy) is 2. The first kappa shape index (κ1) is 15.1. The molecule has 0 atom stereocenters. The molecular weight excluding hydrogens is 264 g/mol. The Morgan fingerprint density at radius 3 is 2.48 bits per heavy atom. The number of hydrogen-bond donors (Lipinski definition) is 0. The average Bonchev–Trinajstić information content (AvgIpc) is 2.37. The quantitative estimate of drug-likeness (QED) is 0.622. The van der Waals surface area contributed by atoms with Crippen molar-refractivity contribution in [3.63, 3.8) is 0 Å². The summed E-state index contributed by atoms with van der Waals surface area (Å²) in [5.41, 5.74) is 0.486. The van der Waals surface area contributed by atoms with E-state index in [0.717, 1.165) is 22.1 Å². The van der Waals surface area contributed by atoms with Gasteiger partial charge in [0.25, 0.3) is 0 Å². The average molecular weight is 284 g/mol. The van der Waals surface area contributed by atoms with Gasteiger partial charge in [0.2, 0.25) is 0 Å². The lowest BCUT2D eigenvalue weighted by molar-refractivity contribution is -0.153. The van der Waals surface area contributed by atoms with Crippen molar-refractivity contribution >= 4 is 16.7 Å². The van der Waals surface area contributed by atoms with Gasteiger partial charge in [-0.3, -0.25) is 4.79 Å². The summed E-state index contributed by atoms with van der Waals surface area (Å²) in [5, 5.41) is 2.12. The van der Waals surface area contributed by atoms with Crippen molar-refractivity contribution in [1.29, 1.82) is 0 Å². The van der Waals surface area contributed by atoms with Crippen molar-refractivity contribution in [2.45, 2.75) is 32.8 Å². The van der Waals surface area contributed by atoms with E-state index in [2.05, 4.69) is 6.58 Å². The molecule has 0 amide bonds. The summed E-state index contributed by atoms with van der Waals surface area (Å²) in [7, 11) is 0. The van der Waals surface area contributed by atoms with Gasteiger partial charge in [-0.05, 0) is 49.2 Å². The highest BCUT2D eigenvalue weighted by Crippen LogP contribution is 2.23. The summed E-state index contributed by atoms with van der Waals surface area (Å²) < 4.78 is 10.6. The van der Waals surface area contributed by atoms with E-state index >= 15 is 0 Å². The molecule has 2 rings (SSSR count). The van der Waals surface area contributed by atoms with Crippen LogP contribution in [0.1, 0.15) is 26.3 Å². The molecule has 0 aromatic heterocycles. The van der Waals surface area contributed by atoms with Crippen molar-refractivity contribution in [3.05, 3.63) is 54.8 Å². The molecule has 0 aliphatic rings. The summed E-state index contributed by atoms with van der Waals surface area (Å²) >= 11 is 0. The monoisotopic (exact) mass is 284 g/mol. The van der Waals surface area contributed by atoms with Crippen molar-refractivity contribution < 1.29 is 14.3 Å². The van der Waals surface area contributed by atoms with E-state index in [-0.39, 0.29) is 12.4 Å². The van der Waals surface area contributed by atoms with E-state index in [1.54, 1.807) is 0 Å². The number of hydrogen-bond acceptors (Lipinski definition) is 3. The molecule has 21 heavy (non-hydrogen) atoms. The van der Waals surface area contributed by atoms with Crippen molar-refractivity contribution in [2.24, 2.45) is 0 Å². The molecule has 0 heterocycles. The second kappa shape index (κ2) is 6.00. The minimum Gasteiger partial charge on any atom is -0.466 e. The van der Waals surface area contributed by atoms with Crippen LogP contribution in [0.5, 0.6) is 5.75 Å². The summed E-state index contributed by atoms with van der Waals surface area (Å²) in [6.07, 6.45) is 1.68. The molecule has 110 valence electrons. The van der Waals surface area contributed by atoms with Gasteiger partial charge in [-0.1, -0.05) is 30.8 Å². The first-order valence-electron chi connectivity index (χ1n) is 6.89. The highest BCUT2D eigenvalue weighted by molar-refractivity contribution is 5.85. The Hall–Kier alpha value is -2.29. The van der Waals surface area contributed by atoms with E-state index in [9.17, 15) is 4.79 Å². The number of fused-ring (bicyclic) bond motifs is 1. The maximum Gasteiger partial charge on any atom is 0.310 e. The van der Waals surface area contributed by atoms with Crippen LogP contribution in [0.25, 0.3) is 10.8 Å². The molecule has 3 nitrogen and oxygen atoms in total. The van der Waals surface area contributed by atoms with Crippen LogP contribution in [-0.4, -0.2) is 11.6 Å². The zero-order valence-electron chi connectivity index (χ0n) is 12.7. The Morgan fingerprint density at radius 1 is 1.14 bits per heavy atom. The SMILES string of the molecule is C=COc1ccc2cc(CC(=O)OC(C)(C)C)ccc2c1. The number of rotatable bonds is 4. The van der Waals surface area contributed by atoms with Crippen LogP contribution in [0.3, 0.4) is 0 Å². The minimum atomic E-state index is -0.454. The largest absolute Gasteiger partial charge is 0.466 e. The Morgan fingerprint density at radius 2 is 1.81 bits per heavy atom. The molecule has 0 saturated carbocycles. The van der Waals surface area contributed by atoms with Gasteiger partial charge >= 0.3 is 5.97 Å². The maximum atomic E-state index is 11.9. The number of carbonyl (C=O) groups is 1. The third kappa shape index (κ3) is 4.35. The van der Waals surface area contributed by atoms with Gasteiger partial charge in [0.1, 0.15) is 11.4 Å². The van der Waals surface area contributed by atoms with E-state index in [0.29, 0.717) is 0 Å². The zero-order chi connectivity index (χ0) is 15.5. The third-order valence-corrected chi connectivity index (χ3v) is 2.86. The summed E-state index contributed by atoms with van der Waals surface area (Å²) in [6.45, 7) is 9.14. The van der Waals surface area contributed by atoms with Crippen molar-refractivity contribution in [2.75, 3.05) is 0 Å². The van der Waals surface area contributed by atoms with Gasteiger partial charge in [-0.2, -0.15) is 0 Å². The normalized spacial score (nSPS) is 11.2. The van der Waals surface area contributed by atoms with Gasteiger partial charge in [-0.15, -0.1) is 0 Å². The third-order valence-electron chi connectivity index (χ3n) is 2.86. The zero-order valence-corrected chi connectivity index (χ0v) is 12.7. The Balaban J connectivity index is 2.17. The van der Waals surface area contributed by atoms with Crippen LogP contribution in [0.2, 0.25) is 0 Å². The van der Waals surface area contributed by atoms with Crippen molar-refractivity contribution in [1.82, 2.24) is 0 Å². The topological polar surface area (TPSA) is 35.5 Å². The van der Waals surface area contributed by atoms with Gasteiger partial charge in [-0.25, -0.2) is 0 Å². The molecule has 3 heteroatoms. The molecule has 0 fully saturated rings. The smallest absolute Gasteiger partial charge is 0.310 e. The summed E-state index contributed by atoms with van der Waals surface area (Å²) in [4.78, 5) is 11.9. The van der Waals surface area contributed by atoms with Crippen molar-refractivity contribution in [3.8, 4) is 5.75 Å². The van der Waals surface area contributed by atoms with Crippen LogP contribution in [0.15, 0.2) is 49.2 Å². The fourth-order valence-corrected chi connectivity index (χ4v) is 2.10. The lowest BCUT2D eigenvalue weighted by atomic mass is 10.0. The van der Waals surface area contributed by atoms with E-state index in [1.807, 2.05) is 57.2 Å². The number of benzene rings is 2. The van der Waals surface area contributed by atoms with Crippen LogP contribution in [0, 0.1) is 0 Å². The molecule has 0 aliphatic heterocycles. The second-order valence-electron chi connectivity index (χ2n) is 5.89. The highest BCUT2D eigenvalue weighted by atomic mass is 16.6. The van der Waals surface area contributed by atoms with E-state index in [1.165, 1.54) is 6.26 Å². The molecule has 0 unspecified atom stereocenters. The second-order valence-corrected chi connectivity index (χ2v) is 5.89. The Kier molecular flexibility index (Phi) is 4.32. The highest BCUT2D eigenvalue weighted by Gasteiger charge is 2.16. The minimum absolute atomic E-state index is 0.214. The fourth-order valence-electron chi connectivity index (χ4n) is 2.10. The molecule has 0 N–H and O–H groups in total. The lowest BCUT2D eigenvalue weighted by Crippen LogP contribution is -2.24. The van der Waals surface area contributed by atoms with Crippen LogP contribution >= 0.6 is 0 Å². The van der Waals surface area contributed by atoms with Gasteiger partial charge in [0.05, 0.1) is 12.7 Å². The van der Waals surface area contributed by atoms with Gasteiger partial charge < -0.3 is 9.47 Å². The summed E-state index contributed by atoms with van der Waals surface area (Å²) in [5.74, 6) is 0.533. The molecule has 0 radical (unpaired) electrons. The summed E-state index contributed by atoms with van der Waals surface area (Å²) in [6, 6.07) is 11.7. The number of carbonyl (C=O) groups excluding carboxylic acids is 1. The molecule has 2 aromatic carbocycles. The first-order chi connectivity index (χ1) is 9.87. The van der Waals surface area contributed by atoms with Crippen LogP contribution in [-0.2, 0) is 16.0 Å². The molecule has 0 aliphatic carbocycles. The Labute approximate surface area is 125 Å².